The van der Waals surface area contributed by atoms with Gasteiger partial charge in [0.15, 0.2) is 0 Å². The number of benzene rings is 2. The van der Waals surface area contributed by atoms with Crippen LogP contribution in [0.5, 0.6) is 0 Å². The van der Waals surface area contributed by atoms with Gasteiger partial charge in [-0.15, -0.1) is 0 Å². The average molecular weight is 352 g/mol. The summed E-state index contributed by atoms with van der Waals surface area (Å²) in [5, 5.41) is 11.0. The number of carboxylic acid groups (broad SMARTS) is 1. The Labute approximate surface area is 151 Å². The van der Waals surface area contributed by atoms with Crippen molar-refractivity contribution < 1.29 is 19.5 Å². The van der Waals surface area contributed by atoms with Crippen LogP contribution in [0.15, 0.2) is 42.5 Å². The molecule has 4 rings (SSSR count). The Morgan fingerprint density at radius 3 is 2.42 bits per heavy atom. The standard InChI is InChI=1S/C20H20N2O4/c23-18-12-17(21-10-8-14(9-11-21)20(25)26)19(24)22(18)16-7-3-5-13-4-1-2-6-15(13)16/h1-7,14,17H,8-12H2,(H,25,26)/t17-/m1/s1. The van der Waals surface area contributed by atoms with E-state index in [1.54, 1.807) is 6.07 Å². The number of carbonyl (C=O) groups is 3. The predicted octanol–water partition coefficient (Wildman–Crippen LogP) is 2.27. The number of hydrogen-bond donors (Lipinski definition) is 1. The van der Waals surface area contributed by atoms with Gasteiger partial charge in [0.25, 0.3) is 5.91 Å². The third-order valence-corrected chi connectivity index (χ3v) is 5.45. The number of anilines is 1. The Morgan fingerprint density at radius 2 is 1.69 bits per heavy atom. The molecule has 2 heterocycles. The molecule has 0 spiro atoms. The molecule has 2 fully saturated rings. The van der Waals surface area contributed by atoms with E-state index in [0.29, 0.717) is 31.6 Å². The minimum atomic E-state index is -0.782. The first-order valence-corrected chi connectivity index (χ1v) is 8.87. The molecule has 6 heteroatoms. The summed E-state index contributed by atoms with van der Waals surface area (Å²) >= 11 is 0. The van der Waals surface area contributed by atoms with Gasteiger partial charge in [-0.25, -0.2) is 4.90 Å². The molecule has 2 aliphatic heterocycles. The van der Waals surface area contributed by atoms with Crippen LogP contribution in [0.25, 0.3) is 10.8 Å². The molecule has 26 heavy (non-hydrogen) atoms. The molecule has 6 nitrogen and oxygen atoms in total. The molecule has 0 aliphatic carbocycles. The molecule has 0 radical (unpaired) electrons. The van der Waals surface area contributed by atoms with E-state index in [2.05, 4.69) is 0 Å². The normalized spacial score (nSPS) is 22.3. The maximum Gasteiger partial charge on any atom is 0.306 e. The molecular formula is C20H20N2O4. The summed E-state index contributed by atoms with van der Waals surface area (Å²) in [6.07, 6.45) is 1.18. The number of hydrogen-bond acceptors (Lipinski definition) is 4. The fourth-order valence-corrected chi connectivity index (χ4v) is 4.02. The van der Waals surface area contributed by atoms with Crippen molar-refractivity contribution in [2.24, 2.45) is 5.92 Å². The second-order valence-electron chi connectivity index (χ2n) is 6.93. The highest BCUT2D eigenvalue weighted by atomic mass is 16.4. The molecule has 1 atom stereocenters. The summed E-state index contributed by atoms with van der Waals surface area (Å²) in [5.41, 5.74) is 0.626. The van der Waals surface area contributed by atoms with Crippen LogP contribution < -0.4 is 4.90 Å². The Morgan fingerprint density at radius 1 is 1.00 bits per heavy atom. The van der Waals surface area contributed by atoms with Crippen LogP contribution in [-0.2, 0) is 14.4 Å². The van der Waals surface area contributed by atoms with Crippen molar-refractivity contribution in [3.8, 4) is 0 Å². The molecule has 2 aliphatic rings. The van der Waals surface area contributed by atoms with Gasteiger partial charge in [0, 0.05) is 5.39 Å². The third kappa shape index (κ3) is 2.76. The lowest BCUT2D eigenvalue weighted by Crippen LogP contribution is -2.46. The van der Waals surface area contributed by atoms with Crippen LogP contribution in [-0.4, -0.2) is 46.9 Å². The van der Waals surface area contributed by atoms with Crippen LogP contribution in [0.3, 0.4) is 0 Å². The van der Waals surface area contributed by atoms with Crippen molar-refractivity contribution in [2.75, 3.05) is 18.0 Å². The molecule has 0 bridgehead atoms. The number of carbonyl (C=O) groups excluding carboxylic acids is 2. The number of carboxylic acids is 1. The second-order valence-corrected chi connectivity index (χ2v) is 6.93. The summed E-state index contributed by atoms with van der Waals surface area (Å²) in [6.45, 7) is 1.06. The van der Waals surface area contributed by atoms with Gasteiger partial charge >= 0.3 is 5.97 Å². The first-order chi connectivity index (χ1) is 12.6. The SMILES string of the molecule is O=C(O)C1CCN([C@@H]2CC(=O)N(c3cccc4ccccc34)C2=O)CC1. The number of rotatable bonds is 3. The number of piperidine rings is 1. The summed E-state index contributed by atoms with van der Waals surface area (Å²) < 4.78 is 0. The van der Waals surface area contributed by atoms with Gasteiger partial charge in [-0.05, 0) is 37.4 Å². The van der Waals surface area contributed by atoms with Crippen molar-refractivity contribution >= 4 is 34.2 Å². The summed E-state index contributed by atoms with van der Waals surface area (Å²) in [7, 11) is 0. The van der Waals surface area contributed by atoms with Gasteiger partial charge in [0.2, 0.25) is 5.91 Å². The molecule has 2 aromatic rings. The van der Waals surface area contributed by atoms with Crippen molar-refractivity contribution in [3.05, 3.63) is 42.5 Å². The van der Waals surface area contributed by atoms with Crippen LogP contribution in [0.1, 0.15) is 19.3 Å². The molecule has 2 amide bonds. The maximum atomic E-state index is 13.0. The Bertz CT molecular complexity index is 881. The van der Waals surface area contributed by atoms with E-state index in [4.69, 9.17) is 5.11 Å². The van der Waals surface area contributed by atoms with Gasteiger partial charge < -0.3 is 5.11 Å². The van der Waals surface area contributed by atoms with Gasteiger partial charge in [-0.1, -0.05) is 36.4 Å². The summed E-state index contributed by atoms with van der Waals surface area (Å²) in [4.78, 5) is 40.0. The van der Waals surface area contributed by atoms with Crippen molar-refractivity contribution in [2.45, 2.75) is 25.3 Å². The van der Waals surface area contributed by atoms with E-state index in [0.717, 1.165) is 10.8 Å². The molecular weight excluding hydrogens is 332 g/mol. The molecule has 0 saturated carbocycles. The lowest BCUT2D eigenvalue weighted by Gasteiger charge is -2.33. The average Bonchev–Trinajstić information content (AvgIpc) is 2.95. The number of nitrogens with zero attached hydrogens (tertiary/aromatic N) is 2. The minimum absolute atomic E-state index is 0.153. The van der Waals surface area contributed by atoms with E-state index in [1.165, 1.54) is 4.90 Å². The van der Waals surface area contributed by atoms with E-state index in [1.807, 2.05) is 41.3 Å². The van der Waals surface area contributed by atoms with Gasteiger partial charge in [0.05, 0.1) is 24.1 Å². The van der Waals surface area contributed by atoms with Crippen LogP contribution in [0.4, 0.5) is 5.69 Å². The zero-order chi connectivity index (χ0) is 18.3. The number of fused-ring (bicyclic) bond motifs is 1. The number of imide groups is 1. The summed E-state index contributed by atoms with van der Waals surface area (Å²) in [6, 6.07) is 12.8. The Balaban J connectivity index is 1.59. The lowest BCUT2D eigenvalue weighted by molar-refractivity contribution is -0.143. The first-order valence-electron chi connectivity index (χ1n) is 8.87. The fraction of sp³-hybridized carbons (Fsp3) is 0.350. The predicted molar refractivity (Wildman–Crippen MR) is 96.8 cm³/mol. The van der Waals surface area contributed by atoms with Gasteiger partial charge in [-0.2, -0.15) is 0 Å². The second kappa shape index (κ2) is 6.53. The Kier molecular flexibility index (Phi) is 4.20. The zero-order valence-corrected chi connectivity index (χ0v) is 14.3. The van der Waals surface area contributed by atoms with E-state index >= 15 is 0 Å². The van der Waals surface area contributed by atoms with Crippen molar-refractivity contribution in [3.63, 3.8) is 0 Å². The molecule has 0 unspecified atom stereocenters. The van der Waals surface area contributed by atoms with Crippen molar-refractivity contribution in [1.82, 2.24) is 4.90 Å². The van der Waals surface area contributed by atoms with Gasteiger partial charge in [0.1, 0.15) is 0 Å². The highest BCUT2D eigenvalue weighted by Crippen LogP contribution is 2.33. The fourth-order valence-electron chi connectivity index (χ4n) is 4.02. The molecule has 0 aromatic heterocycles. The van der Waals surface area contributed by atoms with Crippen LogP contribution >= 0.6 is 0 Å². The van der Waals surface area contributed by atoms with Crippen molar-refractivity contribution in [1.29, 1.82) is 0 Å². The summed E-state index contributed by atoms with van der Waals surface area (Å²) in [5.74, 6) is -1.54. The first kappa shape index (κ1) is 16.7. The molecule has 134 valence electrons. The van der Waals surface area contributed by atoms with E-state index in [-0.39, 0.29) is 24.2 Å². The maximum absolute atomic E-state index is 13.0. The highest BCUT2D eigenvalue weighted by molar-refractivity contribution is 6.25. The molecule has 2 aromatic carbocycles. The highest BCUT2D eigenvalue weighted by Gasteiger charge is 2.44. The quantitative estimate of drug-likeness (QED) is 0.858. The topological polar surface area (TPSA) is 77.9 Å². The number of likely N-dealkylation sites (tertiary alicyclic amines) is 1. The number of aliphatic carboxylic acids is 1. The van der Waals surface area contributed by atoms with Gasteiger partial charge in [-0.3, -0.25) is 19.3 Å². The van der Waals surface area contributed by atoms with E-state index < -0.39 is 12.0 Å². The largest absolute Gasteiger partial charge is 0.481 e. The zero-order valence-electron chi connectivity index (χ0n) is 14.3. The molecule has 1 N–H and O–H groups in total. The minimum Gasteiger partial charge on any atom is -0.481 e. The molecule has 2 saturated heterocycles. The lowest BCUT2D eigenvalue weighted by atomic mass is 9.95. The monoisotopic (exact) mass is 352 g/mol. The van der Waals surface area contributed by atoms with E-state index in [9.17, 15) is 14.4 Å². The smallest absolute Gasteiger partial charge is 0.306 e. The Hall–Kier alpha value is -2.73. The van der Waals surface area contributed by atoms with Crippen LogP contribution in [0, 0.1) is 5.92 Å². The van der Waals surface area contributed by atoms with Crippen LogP contribution in [0.2, 0.25) is 0 Å². The third-order valence-electron chi connectivity index (χ3n) is 5.45. The number of amides is 2.